The third-order valence-corrected chi connectivity index (χ3v) is 7.55. The van der Waals surface area contributed by atoms with Gasteiger partial charge in [-0.2, -0.15) is 0 Å². The average molecular weight is 439 g/mol. The molecule has 2 aliphatic rings. The second kappa shape index (κ2) is 10.5. The molecule has 1 aromatic heterocycles. The number of unbranched alkanes of at least 4 members (excludes halogenated alkanes) is 3. The van der Waals surface area contributed by atoms with Gasteiger partial charge in [-0.05, 0) is 62.8 Å². The van der Waals surface area contributed by atoms with Crippen molar-refractivity contribution in [2.24, 2.45) is 17.3 Å². The highest BCUT2D eigenvalue weighted by atomic mass is 16.5. The molecule has 0 saturated heterocycles. The van der Waals surface area contributed by atoms with Crippen LogP contribution in [0, 0.1) is 24.2 Å². The Morgan fingerprint density at radius 1 is 1.28 bits per heavy atom. The van der Waals surface area contributed by atoms with Gasteiger partial charge in [0, 0.05) is 17.6 Å². The molecule has 0 N–H and O–H groups in total. The van der Waals surface area contributed by atoms with E-state index in [1.807, 2.05) is 19.9 Å². The molecular formula is C28H38O4. The van der Waals surface area contributed by atoms with Crippen molar-refractivity contribution in [3.05, 3.63) is 59.1 Å². The van der Waals surface area contributed by atoms with Gasteiger partial charge in [-0.15, -0.1) is 0 Å². The summed E-state index contributed by atoms with van der Waals surface area (Å²) in [4.78, 5) is 25.5. The molecule has 1 saturated carbocycles. The molecule has 0 bridgehead atoms. The van der Waals surface area contributed by atoms with Crippen molar-refractivity contribution in [3.63, 3.8) is 0 Å². The minimum Gasteiger partial charge on any atom is -0.461 e. The zero-order chi connectivity index (χ0) is 23.3. The minimum absolute atomic E-state index is 0.0734. The third kappa shape index (κ3) is 5.16. The summed E-state index contributed by atoms with van der Waals surface area (Å²) in [5.41, 5.74) is 2.93. The molecule has 3 rings (SSSR count). The lowest BCUT2D eigenvalue weighted by molar-refractivity contribution is -0.153. The number of aryl methyl sites for hydroxylation is 1. The van der Waals surface area contributed by atoms with Crippen LogP contribution in [0.25, 0.3) is 0 Å². The lowest BCUT2D eigenvalue weighted by atomic mass is 9.54. The van der Waals surface area contributed by atoms with Crippen LogP contribution in [0.5, 0.6) is 0 Å². The summed E-state index contributed by atoms with van der Waals surface area (Å²) in [6.07, 6.45) is 18.0. The summed E-state index contributed by atoms with van der Waals surface area (Å²) in [6, 6.07) is 0. The van der Waals surface area contributed by atoms with Crippen molar-refractivity contribution in [1.29, 1.82) is 0 Å². The van der Waals surface area contributed by atoms with Gasteiger partial charge in [0.15, 0.2) is 5.76 Å². The summed E-state index contributed by atoms with van der Waals surface area (Å²) in [5.74, 6) is 0.352. The number of ether oxygens (including phenoxy) is 1. The van der Waals surface area contributed by atoms with E-state index < -0.39 is 0 Å². The highest BCUT2D eigenvalue weighted by Gasteiger charge is 2.54. The van der Waals surface area contributed by atoms with Crippen molar-refractivity contribution in [3.8, 4) is 0 Å². The number of hydrogen-bond donors (Lipinski definition) is 0. The second-order valence-corrected chi connectivity index (χ2v) is 9.84. The van der Waals surface area contributed by atoms with Crippen LogP contribution in [-0.2, 0) is 16.0 Å². The first-order valence-electron chi connectivity index (χ1n) is 12.1. The lowest BCUT2D eigenvalue weighted by Crippen LogP contribution is -2.52. The Balaban J connectivity index is 1.59. The summed E-state index contributed by atoms with van der Waals surface area (Å²) in [6.45, 7) is 10.5. The van der Waals surface area contributed by atoms with Gasteiger partial charge >= 0.3 is 5.97 Å². The van der Waals surface area contributed by atoms with Crippen molar-refractivity contribution < 1.29 is 18.7 Å². The van der Waals surface area contributed by atoms with Gasteiger partial charge in [0.25, 0.3) is 0 Å². The Morgan fingerprint density at radius 2 is 2.06 bits per heavy atom. The first-order chi connectivity index (χ1) is 15.3. The monoisotopic (exact) mass is 438 g/mol. The number of ketones is 1. The van der Waals surface area contributed by atoms with E-state index in [4.69, 9.17) is 9.15 Å². The smallest absolute Gasteiger partial charge is 0.331 e. The summed E-state index contributed by atoms with van der Waals surface area (Å²) in [7, 11) is 0. The number of rotatable bonds is 8. The summed E-state index contributed by atoms with van der Waals surface area (Å²) < 4.78 is 11.4. The van der Waals surface area contributed by atoms with Crippen LogP contribution >= 0.6 is 0 Å². The molecule has 0 amide bonds. The van der Waals surface area contributed by atoms with Crippen LogP contribution in [-0.4, -0.2) is 17.9 Å². The van der Waals surface area contributed by atoms with Crippen LogP contribution in [0.1, 0.15) is 87.9 Å². The maximum atomic E-state index is 13.1. The number of allylic oxidation sites excluding steroid dienone is 5. The van der Waals surface area contributed by atoms with Gasteiger partial charge in [0.05, 0.1) is 6.26 Å². The molecule has 4 heteroatoms. The fourth-order valence-corrected chi connectivity index (χ4v) is 5.27. The van der Waals surface area contributed by atoms with E-state index in [0.717, 1.165) is 36.0 Å². The molecule has 2 aliphatic carbocycles. The molecule has 4 nitrogen and oxygen atoms in total. The maximum Gasteiger partial charge on any atom is 0.331 e. The van der Waals surface area contributed by atoms with E-state index in [-0.39, 0.29) is 35.1 Å². The van der Waals surface area contributed by atoms with Gasteiger partial charge in [0.1, 0.15) is 6.10 Å². The zero-order valence-electron chi connectivity index (χ0n) is 20.3. The molecule has 32 heavy (non-hydrogen) atoms. The first kappa shape index (κ1) is 24.3. The topological polar surface area (TPSA) is 56.5 Å². The Kier molecular flexibility index (Phi) is 7.97. The van der Waals surface area contributed by atoms with Crippen LogP contribution in [0.3, 0.4) is 0 Å². The van der Waals surface area contributed by atoms with E-state index in [1.165, 1.54) is 25.3 Å². The predicted molar refractivity (Wildman–Crippen MR) is 128 cm³/mol. The van der Waals surface area contributed by atoms with Crippen LogP contribution in [0.15, 0.2) is 46.6 Å². The highest BCUT2D eigenvalue weighted by molar-refractivity contribution is 5.99. The Morgan fingerprint density at radius 3 is 2.81 bits per heavy atom. The number of Topliss-reactive ketones (excluding diaryl/α,β-unsaturated/α-hetero) is 1. The Bertz CT molecular complexity index is 916. The molecular weight excluding hydrogens is 400 g/mol. The zero-order valence-corrected chi connectivity index (χ0v) is 20.3. The average Bonchev–Trinajstić information content (AvgIpc) is 3.11. The first-order valence-corrected chi connectivity index (χ1v) is 12.1. The molecule has 0 aliphatic heterocycles. The standard InChI is InChI=1S/C28H38O4/c1-6-7-8-9-10-12-19(2)13-11-14-25(29)32-24-16-15-23-26(30)27-22(20(3)18-31-27)17-28(23,5)21(24)4/h10-14,18,21,23-24H,6-9,15-17H2,1-5H3. The molecule has 0 radical (unpaired) electrons. The number of carbonyl (C=O) groups is 2. The van der Waals surface area contributed by atoms with E-state index in [2.05, 4.69) is 32.9 Å². The molecule has 1 aromatic rings. The van der Waals surface area contributed by atoms with Gasteiger partial charge in [-0.1, -0.05) is 63.5 Å². The van der Waals surface area contributed by atoms with Crippen molar-refractivity contribution >= 4 is 11.8 Å². The van der Waals surface area contributed by atoms with E-state index in [1.54, 1.807) is 12.3 Å². The molecule has 0 aromatic carbocycles. The highest BCUT2D eigenvalue weighted by Crippen LogP contribution is 2.53. The van der Waals surface area contributed by atoms with Crippen LogP contribution < -0.4 is 0 Å². The molecule has 4 unspecified atom stereocenters. The van der Waals surface area contributed by atoms with Crippen LogP contribution in [0.2, 0.25) is 0 Å². The third-order valence-electron chi connectivity index (χ3n) is 7.55. The fraction of sp³-hybridized carbons (Fsp3) is 0.571. The summed E-state index contributed by atoms with van der Waals surface area (Å²) >= 11 is 0. The molecule has 1 heterocycles. The predicted octanol–water partition coefficient (Wildman–Crippen LogP) is 6.93. The maximum absolute atomic E-state index is 13.1. The molecule has 1 fully saturated rings. The number of carbonyl (C=O) groups excluding carboxylic acids is 2. The van der Waals surface area contributed by atoms with E-state index in [0.29, 0.717) is 12.2 Å². The van der Waals surface area contributed by atoms with Gasteiger partial charge in [-0.25, -0.2) is 4.79 Å². The fourth-order valence-electron chi connectivity index (χ4n) is 5.27. The summed E-state index contributed by atoms with van der Waals surface area (Å²) in [5, 5.41) is 0. The second-order valence-electron chi connectivity index (χ2n) is 9.84. The Hall–Kier alpha value is -2.36. The lowest BCUT2D eigenvalue weighted by Gasteiger charge is -2.50. The molecule has 174 valence electrons. The van der Waals surface area contributed by atoms with Crippen molar-refractivity contribution in [1.82, 2.24) is 0 Å². The molecule has 0 spiro atoms. The van der Waals surface area contributed by atoms with Crippen molar-refractivity contribution in [2.75, 3.05) is 0 Å². The van der Waals surface area contributed by atoms with Gasteiger partial charge in [-0.3, -0.25) is 4.79 Å². The quantitative estimate of drug-likeness (QED) is 0.191. The molecule has 4 atom stereocenters. The van der Waals surface area contributed by atoms with E-state index >= 15 is 0 Å². The normalized spacial score (nSPS) is 28.2. The number of fused-ring (bicyclic) bond motifs is 2. The van der Waals surface area contributed by atoms with Crippen molar-refractivity contribution in [2.45, 2.75) is 85.7 Å². The SMILES string of the molecule is CCCCCC=CC(C)=CC=CC(=O)OC1CCC2C(=O)c3occ(C)c3CC2(C)C1C. The largest absolute Gasteiger partial charge is 0.461 e. The van der Waals surface area contributed by atoms with E-state index in [9.17, 15) is 9.59 Å². The number of furan rings is 1. The number of hydrogen-bond acceptors (Lipinski definition) is 4. The minimum atomic E-state index is -0.317. The van der Waals surface area contributed by atoms with Gasteiger partial charge in [0.2, 0.25) is 5.78 Å². The Labute approximate surface area is 192 Å². The van der Waals surface area contributed by atoms with Crippen LogP contribution in [0.4, 0.5) is 0 Å². The van der Waals surface area contributed by atoms with Gasteiger partial charge < -0.3 is 9.15 Å². The number of esters is 1.